The molecule has 2 aliphatic rings. The first-order chi connectivity index (χ1) is 15.3. The Kier molecular flexibility index (Phi) is 11.7. The van der Waals surface area contributed by atoms with Crippen molar-refractivity contribution < 1.29 is 18.0 Å². The second-order valence-corrected chi connectivity index (χ2v) is 7.86. The highest BCUT2D eigenvalue weighted by molar-refractivity contribution is 6.47. The van der Waals surface area contributed by atoms with Crippen molar-refractivity contribution in [1.82, 2.24) is 0 Å². The van der Waals surface area contributed by atoms with Gasteiger partial charge in [-0.1, -0.05) is 53.8 Å². The van der Waals surface area contributed by atoms with Gasteiger partial charge in [-0.15, -0.1) is 0 Å². The molecule has 0 aliphatic heterocycles. The largest absolute Gasteiger partial charge is 0.292 e. The lowest BCUT2D eigenvalue weighted by Gasteiger charge is -2.29. The van der Waals surface area contributed by atoms with Crippen molar-refractivity contribution in [1.29, 1.82) is 0 Å². The number of carbonyl (C=O) groups is 1. The van der Waals surface area contributed by atoms with E-state index in [0.717, 1.165) is 24.5 Å². The Morgan fingerprint density at radius 3 is 1.94 bits per heavy atom. The molecule has 2 saturated carbocycles. The zero-order chi connectivity index (χ0) is 24.4. The van der Waals surface area contributed by atoms with Gasteiger partial charge in [0.25, 0.3) is 0 Å². The molecular weight excluding hydrogens is 411 g/mol. The Labute approximate surface area is 191 Å². The zero-order valence-corrected chi connectivity index (χ0v) is 20.2. The summed E-state index contributed by atoms with van der Waals surface area (Å²) in [4.78, 5) is 17.6. The third-order valence-electron chi connectivity index (χ3n) is 5.89. The number of rotatable bonds is 7. The quantitative estimate of drug-likeness (QED) is 0.304. The molecule has 178 valence electrons. The molecule has 1 aromatic carbocycles. The van der Waals surface area contributed by atoms with E-state index in [4.69, 9.17) is 0 Å². The second-order valence-electron chi connectivity index (χ2n) is 7.86. The van der Waals surface area contributed by atoms with Crippen molar-refractivity contribution in [2.45, 2.75) is 85.5 Å². The van der Waals surface area contributed by atoms with Gasteiger partial charge in [0.05, 0.1) is 0 Å². The molecular formula is C27H38F3NO. The molecule has 0 amide bonds. The van der Waals surface area contributed by atoms with Gasteiger partial charge in [0.15, 0.2) is 23.2 Å². The van der Waals surface area contributed by atoms with Crippen molar-refractivity contribution >= 4 is 11.5 Å². The summed E-state index contributed by atoms with van der Waals surface area (Å²) in [6.45, 7) is 17.9. The summed E-state index contributed by atoms with van der Waals surface area (Å²) < 4.78 is 40.8. The van der Waals surface area contributed by atoms with E-state index in [1.54, 1.807) is 0 Å². The van der Waals surface area contributed by atoms with Crippen LogP contribution in [0.5, 0.6) is 0 Å². The van der Waals surface area contributed by atoms with E-state index in [0.29, 0.717) is 49.4 Å². The third kappa shape index (κ3) is 6.91. The van der Waals surface area contributed by atoms with Gasteiger partial charge >= 0.3 is 0 Å². The Hall–Kier alpha value is -2.17. The molecule has 0 N–H and O–H groups in total. The molecule has 3 rings (SSSR count). The fourth-order valence-electron chi connectivity index (χ4n) is 3.86. The summed E-state index contributed by atoms with van der Waals surface area (Å²) in [5.74, 6) is -3.82. The molecule has 0 unspecified atom stereocenters. The van der Waals surface area contributed by atoms with Crippen LogP contribution in [0.4, 0.5) is 13.2 Å². The van der Waals surface area contributed by atoms with Crippen molar-refractivity contribution in [3.8, 4) is 0 Å². The molecule has 0 heterocycles. The number of benzene rings is 1. The van der Waals surface area contributed by atoms with E-state index >= 15 is 0 Å². The number of Topliss-reactive ketones (excluding diaryl/α,β-unsaturated/α-hetero) is 1. The van der Waals surface area contributed by atoms with Crippen LogP contribution in [0.3, 0.4) is 0 Å². The van der Waals surface area contributed by atoms with Crippen LogP contribution in [0.1, 0.15) is 91.0 Å². The summed E-state index contributed by atoms with van der Waals surface area (Å²) >= 11 is 0. The van der Waals surface area contributed by atoms with Crippen LogP contribution >= 0.6 is 0 Å². The Morgan fingerprint density at radius 2 is 1.44 bits per heavy atom. The molecule has 0 spiro atoms. The SMILES string of the molecule is C=C(CC)N=C(C(=C)C1CC1)C(=O)C1CCC(c2ccc(F)c(F)c2F)CC1.CC.CC. The minimum absolute atomic E-state index is 0.0179. The average Bonchev–Trinajstić information content (AvgIpc) is 3.68. The maximum Gasteiger partial charge on any atom is 0.194 e. The lowest BCUT2D eigenvalue weighted by molar-refractivity contribution is -0.117. The predicted octanol–water partition coefficient (Wildman–Crippen LogP) is 8.33. The highest BCUT2D eigenvalue weighted by atomic mass is 19.2. The van der Waals surface area contributed by atoms with Crippen LogP contribution in [0, 0.1) is 29.3 Å². The molecule has 2 fully saturated rings. The molecule has 1 aromatic rings. The van der Waals surface area contributed by atoms with E-state index in [-0.39, 0.29) is 23.2 Å². The van der Waals surface area contributed by atoms with Gasteiger partial charge in [0.1, 0.15) is 5.71 Å². The van der Waals surface area contributed by atoms with Crippen molar-refractivity contribution in [3.63, 3.8) is 0 Å². The molecule has 0 radical (unpaired) electrons. The van der Waals surface area contributed by atoms with Gasteiger partial charge < -0.3 is 0 Å². The van der Waals surface area contributed by atoms with Crippen LogP contribution < -0.4 is 0 Å². The number of hydrogen-bond donors (Lipinski definition) is 0. The Morgan fingerprint density at radius 1 is 0.906 bits per heavy atom. The van der Waals surface area contributed by atoms with Crippen LogP contribution in [-0.4, -0.2) is 11.5 Å². The molecule has 32 heavy (non-hydrogen) atoms. The summed E-state index contributed by atoms with van der Waals surface area (Å²) in [5, 5.41) is 0. The maximum absolute atomic E-state index is 14.1. The predicted molar refractivity (Wildman–Crippen MR) is 127 cm³/mol. The number of allylic oxidation sites excluding steroid dienone is 2. The van der Waals surface area contributed by atoms with Crippen LogP contribution in [0.15, 0.2) is 41.6 Å². The number of halogens is 3. The lowest BCUT2D eigenvalue weighted by atomic mass is 9.75. The molecule has 0 aromatic heterocycles. The molecule has 2 nitrogen and oxygen atoms in total. The minimum atomic E-state index is -1.43. The van der Waals surface area contributed by atoms with Gasteiger partial charge in [-0.25, -0.2) is 13.2 Å². The first-order valence-corrected chi connectivity index (χ1v) is 12.0. The van der Waals surface area contributed by atoms with Crippen molar-refractivity contribution in [2.24, 2.45) is 16.8 Å². The van der Waals surface area contributed by atoms with Crippen LogP contribution in [-0.2, 0) is 4.79 Å². The number of carbonyl (C=O) groups excluding carboxylic acids is 1. The highest BCUT2D eigenvalue weighted by Crippen LogP contribution is 2.40. The number of nitrogens with zero attached hydrogens (tertiary/aromatic N) is 1. The average molecular weight is 450 g/mol. The van der Waals surface area contributed by atoms with E-state index in [9.17, 15) is 18.0 Å². The molecule has 0 bridgehead atoms. The maximum atomic E-state index is 14.1. The fraction of sp³-hybridized carbons (Fsp3) is 0.556. The van der Waals surface area contributed by atoms with Crippen LogP contribution in [0.25, 0.3) is 0 Å². The zero-order valence-electron chi connectivity index (χ0n) is 20.2. The monoisotopic (exact) mass is 449 g/mol. The van der Waals surface area contributed by atoms with Gasteiger partial charge in [-0.2, -0.15) is 0 Å². The standard InChI is InChI=1S/C23H26F3NO.2C2H6/c1-4-13(2)27-22(14(3)15-5-6-15)23(28)17-9-7-16(8-10-17)18-11-12-19(24)21(26)20(18)25;2*1-2/h11-12,15-17H,2-10H2,1H3;2*1-2H3. The lowest BCUT2D eigenvalue weighted by Crippen LogP contribution is -2.29. The fourth-order valence-corrected chi connectivity index (χ4v) is 3.86. The number of aliphatic imine (C=N–C) groups is 1. The number of ketones is 1. The normalized spacial score (nSPS) is 20.3. The number of hydrogen-bond acceptors (Lipinski definition) is 2. The van der Waals surface area contributed by atoms with E-state index in [2.05, 4.69) is 18.2 Å². The molecule has 2 aliphatic carbocycles. The van der Waals surface area contributed by atoms with Gasteiger partial charge in [0.2, 0.25) is 0 Å². The summed E-state index contributed by atoms with van der Waals surface area (Å²) in [5.41, 5.74) is 2.09. The summed E-state index contributed by atoms with van der Waals surface area (Å²) in [6, 6.07) is 2.28. The Bertz CT molecular complexity index is 832. The first-order valence-electron chi connectivity index (χ1n) is 12.0. The molecule has 0 saturated heterocycles. The van der Waals surface area contributed by atoms with Gasteiger partial charge in [0, 0.05) is 11.6 Å². The van der Waals surface area contributed by atoms with Crippen molar-refractivity contribution in [2.75, 3.05) is 0 Å². The second kappa shape index (κ2) is 13.4. The van der Waals surface area contributed by atoms with Crippen LogP contribution in [0.2, 0.25) is 0 Å². The van der Waals surface area contributed by atoms with E-state index < -0.39 is 17.5 Å². The molecule has 0 atom stereocenters. The van der Waals surface area contributed by atoms with Gasteiger partial charge in [-0.05, 0) is 74.0 Å². The first kappa shape index (κ1) is 27.9. The van der Waals surface area contributed by atoms with Gasteiger partial charge in [-0.3, -0.25) is 9.79 Å². The molecule has 5 heteroatoms. The topological polar surface area (TPSA) is 29.4 Å². The van der Waals surface area contributed by atoms with E-state index in [1.165, 1.54) is 6.07 Å². The highest BCUT2D eigenvalue weighted by Gasteiger charge is 2.35. The smallest absolute Gasteiger partial charge is 0.194 e. The van der Waals surface area contributed by atoms with Crippen molar-refractivity contribution in [3.05, 3.63) is 59.6 Å². The Balaban J connectivity index is 0.00000121. The third-order valence-corrected chi connectivity index (χ3v) is 5.89. The van der Waals surface area contributed by atoms with E-state index in [1.807, 2.05) is 34.6 Å². The minimum Gasteiger partial charge on any atom is -0.292 e. The summed E-state index contributed by atoms with van der Waals surface area (Å²) in [6.07, 6.45) is 4.97. The summed E-state index contributed by atoms with van der Waals surface area (Å²) in [7, 11) is 0.